The third-order valence-corrected chi connectivity index (χ3v) is 3.61. The second-order valence-electron chi connectivity index (χ2n) is 5.07. The summed E-state index contributed by atoms with van der Waals surface area (Å²) in [5.41, 5.74) is 2.29. The van der Waals surface area contributed by atoms with Crippen molar-refractivity contribution in [1.29, 1.82) is 0 Å². The number of hydrogen-bond donors (Lipinski definition) is 2. The van der Waals surface area contributed by atoms with Crippen LogP contribution < -0.4 is 10.6 Å². The van der Waals surface area contributed by atoms with Crippen LogP contribution in [0.2, 0.25) is 0 Å². The number of hydrogen-bond acceptors (Lipinski definition) is 3. The first-order valence-electron chi connectivity index (χ1n) is 6.39. The average molecular weight is 243 g/mol. The number of aryl methyl sites for hydroxylation is 1. The molecule has 3 rings (SSSR count). The van der Waals surface area contributed by atoms with Gasteiger partial charge in [-0.2, -0.15) is 0 Å². The molecule has 0 unspecified atom stereocenters. The van der Waals surface area contributed by atoms with Gasteiger partial charge in [-0.15, -0.1) is 0 Å². The average Bonchev–Trinajstić information content (AvgIpc) is 2.67. The predicted octanol–water partition coefficient (Wildman–Crippen LogP) is 0.994. The van der Waals surface area contributed by atoms with Gasteiger partial charge in [0, 0.05) is 18.4 Å². The smallest absolute Gasteiger partial charge is 0.272 e. The standard InChI is InChI=1S/C14H17N3O/c1-10-3-2-4-11(9-10)12-13(18)17-14(16-12)5-7-15-8-6-14/h2-4,9,15H,5-8H2,1H3,(H,17,18). The lowest BCUT2D eigenvalue weighted by Gasteiger charge is -2.30. The van der Waals surface area contributed by atoms with Crippen molar-refractivity contribution in [3.63, 3.8) is 0 Å². The molecule has 1 amide bonds. The Labute approximate surface area is 106 Å². The Balaban J connectivity index is 1.96. The second kappa shape index (κ2) is 4.21. The first kappa shape index (κ1) is 11.4. The highest BCUT2D eigenvalue weighted by atomic mass is 16.2. The van der Waals surface area contributed by atoms with Gasteiger partial charge in [-0.3, -0.25) is 9.79 Å². The molecule has 18 heavy (non-hydrogen) atoms. The van der Waals surface area contributed by atoms with Gasteiger partial charge >= 0.3 is 0 Å². The van der Waals surface area contributed by atoms with E-state index in [1.54, 1.807) is 0 Å². The second-order valence-corrected chi connectivity index (χ2v) is 5.07. The molecule has 2 aliphatic rings. The van der Waals surface area contributed by atoms with Gasteiger partial charge in [-0.05, 0) is 26.1 Å². The summed E-state index contributed by atoms with van der Waals surface area (Å²) >= 11 is 0. The number of carbonyl (C=O) groups is 1. The zero-order valence-electron chi connectivity index (χ0n) is 10.5. The van der Waals surface area contributed by atoms with Crippen LogP contribution in [0.4, 0.5) is 0 Å². The van der Waals surface area contributed by atoms with E-state index in [0.717, 1.165) is 37.1 Å². The molecule has 0 aromatic heterocycles. The highest BCUT2D eigenvalue weighted by molar-refractivity contribution is 6.46. The van der Waals surface area contributed by atoms with Gasteiger partial charge in [-0.25, -0.2) is 0 Å². The van der Waals surface area contributed by atoms with Crippen LogP contribution in [0.15, 0.2) is 29.3 Å². The Morgan fingerprint density at radius 1 is 1.28 bits per heavy atom. The van der Waals surface area contributed by atoms with Gasteiger partial charge in [0.1, 0.15) is 11.4 Å². The van der Waals surface area contributed by atoms with Crippen molar-refractivity contribution in [3.8, 4) is 0 Å². The maximum atomic E-state index is 12.1. The Kier molecular flexibility index (Phi) is 2.67. The number of nitrogens with one attached hydrogen (secondary N) is 2. The van der Waals surface area contributed by atoms with Crippen LogP contribution in [-0.4, -0.2) is 30.4 Å². The molecule has 94 valence electrons. The van der Waals surface area contributed by atoms with E-state index in [1.165, 1.54) is 0 Å². The zero-order valence-corrected chi connectivity index (χ0v) is 10.5. The van der Waals surface area contributed by atoms with Crippen LogP contribution in [0.1, 0.15) is 24.0 Å². The summed E-state index contributed by atoms with van der Waals surface area (Å²) in [6.07, 6.45) is 1.74. The molecule has 1 fully saturated rings. The summed E-state index contributed by atoms with van der Waals surface area (Å²) in [6, 6.07) is 7.95. The molecule has 4 heteroatoms. The van der Waals surface area contributed by atoms with Crippen LogP contribution >= 0.6 is 0 Å². The Hall–Kier alpha value is -1.68. The van der Waals surface area contributed by atoms with Gasteiger partial charge in [0.25, 0.3) is 5.91 Å². The zero-order chi connectivity index (χ0) is 12.6. The monoisotopic (exact) mass is 243 g/mol. The van der Waals surface area contributed by atoms with Crippen molar-refractivity contribution in [2.24, 2.45) is 4.99 Å². The minimum Gasteiger partial charge on any atom is -0.326 e. The van der Waals surface area contributed by atoms with E-state index in [0.29, 0.717) is 5.71 Å². The molecule has 0 atom stereocenters. The molecule has 0 radical (unpaired) electrons. The largest absolute Gasteiger partial charge is 0.326 e. The maximum Gasteiger partial charge on any atom is 0.272 e. The van der Waals surface area contributed by atoms with Crippen LogP contribution in [0, 0.1) is 6.92 Å². The first-order chi connectivity index (χ1) is 8.69. The number of benzene rings is 1. The number of amides is 1. The van der Waals surface area contributed by atoms with E-state index in [9.17, 15) is 4.79 Å². The Morgan fingerprint density at radius 2 is 2.06 bits per heavy atom. The molecule has 1 aromatic carbocycles. The molecule has 4 nitrogen and oxygen atoms in total. The summed E-state index contributed by atoms with van der Waals surface area (Å²) in [5, 5.41) is 6.35. The molecule has 1 aromatic rings. The van der Waals surface area contributed by atoms with Gasteiger partial charge in [0.2, 0.25) is 0 Å². The molecule has 0 saturated carbocycles. The van der Waals surface area contributed by atoms with Crippen molar-refractivity contribution in [3.05, 3.63) is 35.4 Å². The fraction of sp³-hybridized carbons (Fsp3) is 0.429. The number of piperidine rings is 1. The van der Waals surface area contributed by atoms with Crippen LogP contribution in [-0.2, 0) is 4.79 Å². The third-order valence-electron chi connectivity index (χ3n) is 3.61. The first-order valence-corrected chi connectivity index (χ1v) is 6.39. The number of aliphatic imine (C=N–C) groups is 1. The van der Waals surface area contributed by atoms with E-state index in [1.807, 2.05) is 31.2 Å². The predicted molar refractivity (Wildman–Crippen MR) is 70.7 cm³/mol. The Bertz CT molecular complexity index is 516. The van der Waals surface area contributed by atoms with Crippen LogP contribution in [0.25, 0.3) is 0 Å². The van der Waals surface area contributed by atoms with Crippen LogP contribution in [0.3, 0.4) is 0 Å². The minimum atomic E-state index is -0.360. The van der Waals surface area contributed by atoms with Crippen molar-refractivity contribution in [1.82, 2.24) is 10.6 Å². The van der Waals surface area contributed by atoms with E-state index >= 15 is 0 Å². The highest BCUT2D eigenvalue weighted by Crippen LogP contribution is 2.26. The minimum absolute atomic E-state index is 0.0394. The third kappa shape index (κ3) is 1.93. The van der Waals surface area contributed by atoms with E-state index in [2.05, 4.69) is 15.6 Å². The molecule has 2 N–H and O–H groups in total. The molecule has 2 aliphatic heterocycles. The summed E-state index contributed by atoms with van der Waals surface area (Å²) < 4.78 is 0. The number of rotatable bonds is 1. The highest BCUT2D eigenvalue weighted by Gasteiger charge is 2.40. The summed E-state index contributed by atoms with van der Waals surface area (Å²) in [5.74, 6) is -0.0394. The fourth-order valence-electron chi connectivity index (χ4n) is 2.63. The van der Waals surface area contributed by atoms with Crippen molar-refractivity contribution >= 4 is 11.6 Å². The molecule has 0 bridgehead atoms. The fourth-order valence-corrected chi connectivity index (χ4v) is 2.63. The van der Waals surface area contributed by atoms with Crippen molar-refractivity contribution in [2.45, 2.75) is 25.4 Å². The van der Waals surface area contributed by atoms with E-state index in [4.69, 9.17) is 0 Å². The molecule has 1 saturated heterocycles. The van der Waals surface area contributed by atoms with Crippen molar-refractivity contribution < 1.29 is 4.79 Å². The quantitative estimate of drug-likeness (QED) is 0.773. The lowest BCUT2D eigenvalue weighted by Crippen LogP contribution is -2.49. The summed E-state index contributed by atoms with van der Waals surface area (Å²) in [6.45, 7) is 3.84. The molecular formula is C14H17N3O. The van der Waals surface area contributed by atoms with Gasteiger partial charge in [0.05, 0.1) is 0 Å². The van der Waals surface area contributed by atoms with Crippen LogP contribution in [0.5, 0.6) is 0 Å². The van der Waals surface area contributed by atoms with E-state index < -0.39 is 0 Å². The van der Waals surface area contributed by atoms with Gasteiger partial charge in [0.15, 0.2) is 0 Å². The number of carbonyl (C=O) groups excluding carboxylic acids is 1. The summed E-state index contributed by atoms with van der Waals surface area (Å²) in [7, 11) is 0. The number of nitrogens with zero attached hydrogens (tertiary/aromatic N) is 1. The van der Waals surface area contributed by atoms with Gasteiger partial charge < -0.3 is 10.6 Å². The van der Waals surface area contributed by atoms with E-state index in [-0.39, 0.29) is 11.6 Å². The lowest BCUT2D eigenvalue weighted by molar-refractivity contribution is -0.115. The molecule has 2 heterocycles. The lowest BCUT2D eigenvalue weighted by atomic mass is 10.00. The maximum absolute atomic E-state index is 12.1. The topological polar surface area (TPSA) is 53.5 Å². The molecule has 1 spiro atoms. The molecular weight excluding hydrogens is 226 g/mol. The van der Waals surface area contributed by atoms with Crippen molar-refractivity contribution in [2.75, 3.05) is 13.1 Å². The van der Waals surface area contributed by atoms with Gasteiger partial charge in [-0.1, -0.05) is 23.8 Å². The summed E-state index contributed by atoms with van der Waals surface area (Å²) in [4.78, 5) is 16.8. The molecule has 0 aliphatic carbocycles. The normalized spacial score (nSPS) is 21.8. The SMILES string of the molecule is Cc1cccc(C2=NC3(CCNCC3)NC2=O)c1. The Morgan fingerprint density at radius 3 is 2.78 bits per heavy atom.